The third kappa shape index (κ3) is 6.41. The summed E-state index contributed by atoms with van der Waals surface area (Å²) in [7, 11) is 0. The molecular weight excluding hydrogens is 544 g/mol. The van der Waals surface area contributed by atoms with Crippen LogP contribution in [-0.4, -0.2) is 33.9 Å². The second-order valence-corrected chi connectivity index (χ2v) is 10.5. The van der Waals surface area contributed by atoms with E-state index in [0.29, 0.717) is 39.8 Å². The molecule has 204 valence electrons. The standard InChI is InChI=1S/C31H29ClN4O3S/c1-3-18-39-29(37)27-21(2)33-30-34-31(40-20-24-11-7-8-12-26(24)32)35-36(30)28(27)23-13-15-25(16-14-23)38-19-17-22-9-5-4-6-10-22/h3-16,28H,1,17-20H2,2H3,(H,33,34,35). The number of esters is 1. The Kier molecular flexibility index (Phi) is 8.88. The Morgan fingerprint density at radius 2 is 1.85 bits per heavy atom. The van der Waals surface area contributed by atoms with Gasteiger partial charge in [0.2, 0.25) is 11.1 Å². The van der Waals surface area contributed by atoms with E-state index in [-0.39, 0.29) is 6.61 Å². The molecule has 0 saturated heterocycles. The normalized spacial score (nSPS) is 14.3. The van der Waals surface area contributed by atoms with Crippen LogP contribution in [0, 0.1) is 0 Å². The minimum absolute atomic E-state index is 0.111. The minimum Gasteiger partial charge on any atom is -0.493 e. The van der Waals surface area contributed by atoms with Crippen LogP contribution in [0.15, 0.2) is 108 Å². The molecule has 1 N–H and O–H groups in total. The predicted octanol–water partition coefficient (Wildman–Crippen LogP) is 6.86. The first-order chi connectivity index (χ1) is 19.5. The highest BCUT2D eigenvalue weighted by Gasteiger charge is 2.35. The van der Waals surface area contributed by atoms with Crippen molar-refractivity contribution in [2.24, 2.45) is 0 Å². The van der Waals surface area contributed by atoms with Gasteiger partial charge >= 0.3 is 5.97 Å². The summed E-state index contributed by atoms with van der Waals surface area (Å²) < 4.78 is 13.2. The highest BCUT2D eigenvalue weighted by molar-refractivity contribution is 7.98. The van der Waals surface area contributed by atoms with Gasteiger partial charge in [0, 0.05) is 22.9 Å². The van der Waals surface area contributed by atoms with Crippen LogP contribution in [0.5, 0.6) is 5.75 Å². The van der Waals surface area contributed by atoms with Crippen LogP contribution in [0.2, 0.25) is 5.02 Å². The van der Waals surface area contributed by atoms with Gasteiger partial charge in [0.1, 0.15) is 18.4 Å². The third-order valence-corrected chi connectivity index (χ3v) is 7.65. The SMILES string of the molecule is C=CCOC(=O)C1=C(C)Nc2nc(SCc3ccccc3Cl)nn2C1c1ccc(OCCc2ccccc2)cc1. The first kappa shape index (κ1) is 27.6. The molecule has 0 spiro atoms. The Hall–Kier alpha value is -4.01. The number of allylic oxidation sites excluding steroid dienone is 1. The number of ether oxygens (including phenoxy) is 2. The number of hydrogen-bond acceptors (Lipinski definition) is 7. The summed E-state index contributed by atoms with van der Waals surface area (Å²) in [5, 5.41) is 9.28. The Labute approximate surface area is 242 Å². The van der Waals surface area contributed by atoms with Gasteiger partial charge in [-0.1, -0.05) is 96.7 Å². The van der Waals surface area contributed by atoms with E-state index in [2.05, 4.69) is 24.0 Å². The molecule has 5 rings (SSSR count). The molecule has 0 bridgehead atoms. The number of nitrogens with one attached hydrogen (secondary N) is 1. The van der Waals surface area contributed by atoms with Crippen molar-refractivity contribution in [3.05, 3.63) is 125 Å². The number of benzene rings is 3. The van der Waals surface area contributed by atoms with Gasteiger partial charge in [0.15, 0.2) is 0 Å². The molecule has 0 saturated carbocycles. The van der Waals surface area contributed by atoms with Gasteiger partial charge in [0.05, 0.1) is 12.2 Å². The van der Waals surface area contributed by atoms with E-state index >= 15 is 0 Å². The van der Waals surface area contributed by atoms with E-state index in [0.717, 1.165) is 23.3 Å². The highest BCUT2D eigenvalue weighted by atomic mass is 35.5. The zero-order chi connectivity index (χ0) is 27.9. The van der Waals surface area contributed by atoms with Crippen molar-refractivity contribution in [2.45, 2.75) is 30.3 Å². The lowest BCUT2D eigenvalue weighted by Crippen LogP contribution is -2.29. The lowest BCUT2D eigenvalue weighted by molar-refractivity contribution is -0.138. The molecular formula is C31H29ClN4O3S. The molecule has 7 nitrogen and oxygen atoms in total. The van der Waals surface area contributed by atoms with Gasteiger partial charge in [-0.25, -0.2) is 9.48 Å². The van der Waals surface area contributed by atoms with Crippen molar-refractivity contribution in [3.8, 4) is 5.75 Å². The van der Waals surface area contributed by atoms with Crippen molar-refractivity contribution >= 4 is 35.3 Å². The first-order valence-electron chi connectivity index (χ1n) is 12.9. The molecule has 2 heterocycles. The van der Waals surface area contributed by atoms with Crippen molar-refractivity contribution in [3.63, 3.8) is 0 Å². The second kappa shape index (κ2) is 12.9. The quantitative estimate of drug-likeness (QED) is 0.119. The smallest absolute Gasteiger partial charge is 0.338 e. The number of hydrogen-bond donors (Lipinski definition) is 1. The number of carbonyl (C=O) groups is 1. The van der Waals surface area contributed by atoms with Crippen LogP contribution in [0.25, 0.3) is 0 Å². The summed E-state index contributed by atoms with van der Waals surface area (Å²) >= 11 is 7.82. The maximum absolute atomic E-state index is 13.2. The van der Waals surface area contributed by atoms with Gasteiger partial charge in [-0.15, -0.1) is 5.10 Å². The van der Waals surface area contributed by atoms with Gasteiger partial charge < -0.3 is 14.8 Å². The van der Waals surface area contributed by atoms with Crippen LogP contribution in [-0.2, 0) is 21.7 Å². The monoisotopic (exact) mass is 572 g/mol. The van der Waals surface area contributed by atoms with Crippen LogP contribution in [0.4, 0.5) is 5.95 Å². The number of aromatic nitrogens is 3. The summed E-state index contributed by atoms with van der Waals surface area (Å²) in [5.41, 5.74) is 4.19. The van der Waals surface area contributed by atoms with Gasteiger partial charge in [0.25, 0.3) is 0 Å². The van der Waals surface area contributed by atoms with Crippen LogP contribution in [0.1, 0.15) is 29.7 Å². The molecule has 0 radical (unpaired) electrons. The number of anilines is 1. The Balaban J connectivity index is 1.38. The molecule has 40 heavy (non-hydrogen) atoms. The first-order valence-corrected chi connectivity index (χ1v) is 14.2. The molecule has 1 aliphatic rings. The van der Waals surface area contributed by atoms with Crippen LogP contribution >= 0.6 is 23.4 Å². The van der Waals surface area contributed by atoms with E-state index in [1.807, 2.05) is 73.7 Å². The van der Waals surface area contributed by atoms with E-state index in [4.69, 9.17) is 31.2 Å². The zero-order valence-corrected chi connectivity index (χ0v) is 23.6. The molecule has 1 aromatic heterocycles. The molecule has 9 heteroatoms. The summed E-state index contributed by atoms with van der Waals surface area (Å²) in [5.74, 6) is 1.47. The number of fused-ring (bicyclic) bond motifs is 1. The van der Waals surface area contributed by atoms with Crippen molar-refractivity contribution in [1.82, 2.24) is 14.8 Å². The largest absolute Gasteiger partial charge is 0.493 e. The Morgan fingerprint density at radius 3 is 2.60 bits per heavy atom. The summed E-state index contributed by atoms with van der Waals surface area (Å²) in [6, 6.07) is 25.1. The third-order valence-electron chi connectivity index (χ3n) is 6.40. The van der Waals surface area contributed by atoms with Gasteiger partial charge in [-0.05, 0) is 41.8 Å². The number of rotatable bonds is 11. The molecule has 0 amide bonds. The van der Waals surface area contributed by atoms with E-state index in [1.165, 1.54) is 17.3 Å². The molecule has 3 aromatic carbocycles. The van der Waals surface area contributed by atoms with E-state index in [9.17, 15) is 4.79 Å². The van der Waals surface area contributed by atoms with E-state index in [1.54, 1.807) is 10.8 Å². The lowest BCUT2D eigenvalue weighted by atomic mass is 9.96. The van der Waals surface area contributed by atoms with Crippen molar-refractivity contribution in [1.29, 1.82) is 0 Å². The number of carbonyl (C=O) groups excluding carboxylic acids is 1. The van der Waals surface area contributed by atoms with Crippen LogP contribution < -0.4 is 10.1 Å². The Bertz CT molecular complexity index is 1520. The summed E-state index contributed by atoms with van der Waals surface area (Å²) in [6.07, 6.45) is 2.36. The van der Waals surface area contributed by atoms with Crippen molar-refractivity contribution in [2.75, 3.05) is 18.5 Å². The molecule has 0 aliphatic carbocycles. The highest BCUT2D eigenvalue weighted by Crippen LogP contribution is 2.37. The van der Waals surface area contributed by atoms with Crippen LogP contribution in [0.3, 0.4) is 0 Å². The molecule has 1 atom stereocenters. The lowest BCUT2D eigenvalue weighted by Gasteiger charge is -2.28. The predicted molar refractivity (Wildman–Crippen MR) is 159 cm³/mol. The number of thioether (sulfide) groups is 1. The summed E-state index contributed by atoms with van der Waals surface area (Å²) in [4.78, 5) is 17.9. The fourth-order valence-electron chi connectivity index (χ4n) is 4.41. The average Bonchev–Trinajstić information content (AvgIpc) is 3.38. The minimum atomic E-state index is -0.533. The second-order valence-electron chi connectivity index (χ2n) is 9.15. The molecule has 4 aromatic rings. The van der Waals surface area contributed by atoms with Gasteiger partial charge in [-0.3, -0.25) is 0 Å². The van der Waals surface area contributed by atoms with Crippen molar-refractivity contribution < 1.29 is 14.3 Å². The average molecular weight is 573 g/mol. The van der Waals surface area contributed by atoms with Gasteiger partial charge in [-0.2, -0.15) is 4.98 Å². The maximum Gasteiger partial charge on any atom is 0.338 e. The number of halogens is 1. The fraction of sp³-hybridized carbons (Fsp3) is 0.194. The number of nitrogens with zero attached hydrogens (tertiary/aromatic N) is 3. The topological polar surface area (TPSA) is 78.3 Å². The van der Waals surface area contributed by atoms with E-state index < -0.39 is 12.0 Å². The molecule has 1 unspecified atom stereocenters. The Morgan fingerprint density at radius 1 is 1.10 bits per heavy atom. The molecule has 0 fully saturated rings. The molecule has 1 aliphatic heterocycles. The summed E-state index contributed by atoms with van der Waals surface area (Å²) in [6.45, 7) is 6.17. The fourth-order valence-corrected chi connectivity index (χ4v) is 5.53. The zero-order valence-electron chi connectivity index (χ0n) is 22.0. The maximum atomic E-state index is 13.2.